The number of hydrogen-bond acceptors (Lipinski definition) is 5. The van der Waals surface area contributed by atoms with E-state index < -0.39 is 10.0 Å². The zero-order chi connectivity index (χ0) is 21.6. The van der Waals surface area contributed by atoms with Gasteiger partial charge in [-0.25, -0.2) is 8.42 Å². The Hall–Kier alpha value is -1.74. The Balaban J connectivity index is 1.43. The van der Waals surface area contributed by atoms with Crippen molar-refractivity contribution in [3.8, 4) is 0 Å². The van der Waals surface area contributed by atoms with E-state index in [2.05, 4.69) is 29.4 Å². The molecule has 1 unspecified atom stereocenters. The second-order valence-corrected chi connectivity index (χ2v) is 11.4. The van der Waals surface area contributed by atoms with Crippen molar-refractivity contribution in [2.75, 3.05) is 33.2 Å². The minimum Gasteiger partial charge on any atom is -0.356 e. The standard InChI is InChI=1S/C22H31N3O3S2/c1-18-11-12-21(29-18)30(27,28)25-15-6-10-20(17-25)22(26)23-13-7-14-24(2)16-19-8-4-3-5-9-19/h3-5,8-9,11-12,20H,6-7,10,13-17H2,1-2H3,(H,23,26). The number of thiophene rings is 1. The number of aryl methyl sites for hydroxylation is 1. The third-order valence-electron chi connectivity index (χ3n) is 5.38. The van der Waals surface area contributed by atoms with Gasteiger partial charge in [0.05, 0.1) is 5.92 Å². The summed E-state index contributed by atoms with van der Waals surface area (Å²) in [6.07, 6.45) is 2.30. The fourth-order valence-electron chi connectivity index (χ4n) is 3.73. The number of nitrogens with one attached hydrogen (secondary N) is 1. The second kappa shape index (κ2) is 10.5. The zero-order valence-electron chi connectivity index (χ0n) is 17.7. The maximum absolute atomic E-state index is 12.9. The molecule has 1 atom stereocenters. The fraction of sp³-hybridized carbons (Fsp3) is 0.500. The van der Waals surface area contributed by atoms with E-state index in [0.29, 0.717) is 23.7 Å². The number of carbonyl (C=O) groups is 1. The maximum Gasteiger partial charge on any atom is 0.252 e. The van der Waals surface area contributed by atoms with Gasteiger partial charge >= 0.3 is 0 Å². The molecule has 1 amide bonds. The van der Waals surface area contributed by atoms with Crippen molar-refractivity contribution in [3.05, 3.63) is 52.9 Å². The van der Waals surface area contributed by atoms with Crippen molar-refractivity contribution in [1.29, 1.82) is 0 Å². The van der Waals surface area contributed by atoms with Gasteiger partial charge in [-0.15, -0.1) is 11.3 Å². The molecule has 0 spiro atoms. The van der Waals surface area contributed by atoms with Crippen LogP contribution in [-0.4, -0.2) is 56.8 Å². The Bertz CT molecular complexity index is 928. The van der Waals surface area contributed by atoms with Crippen LogP contribution in [0.1, 0.15) is 29.7 Å². The van der Waals surface area contributed by atoms with Gasteiger partial charge in [0.1, 0.15) is 4.21 Å². The minimum atomic E-state index is -3.51. The summed E-state index contributed by atoms with van der Waals surface area (Å²) in [7, 11) is -1.43. The lowest BCUT2D eigenvalue weighted by Crippen LogP contribution is -2.45. The van der Waals surface area contributed by atoms with Crippen LogP contribution in [0.15, 0.2) is 46.7 Å². The molecule has 3 rings (SSSR count). The average molecular weight is 450 g/mol. The number of piperidine rings is 1. The van der Waals surface area contributed by atoms with Crippen molar-refractivity contribution in [1.82, 2.24) is 14.5 Å². The molecule has 1 fully saturated rings. The van der Waals surface area contributed by atoms with Crippen molar-refractivity contribution in [2.24, 2.45) is 5.92 Å². The molecule has 0 saturated carbocycles. The molecule has 2 heterocycles. The zero-order valence-corrected chi connectivity index (χ0v) is 19.3. The third kappa shape index (κ3) is 6.14. The first kappa shape index (κ1) is 22.9. The summed E-state index contributed by atoms with van der Waals surface area (Å²) in [5.74, 6) is -0.320. The van der Waals surface area contributed by atoms with Crippen LogP contribution in [0.25, 0.3) is 0 Å². The Morgan fingerprint density at radius 1 is 1.23 bits per heavy atom. The average Bonchev–Trinajstić information content (AvgIpc) is 3.19. The van der Waals surface area contributed by atoms with Crippen molar-refractivity contribution >= 4 is 27.3 Å². The van der Waals surface area contributed by atoms with E-state index in [1.165, 1.54) is 21.2 Å². The van der Waals surface area contributed by atoms with Crippen LogP contribution in [-0.2, 0) is 21.4 Å². The highest BCUT2D eigenvalue weighted by atomic mass is 32.2. The molecule has 164 valence electrons. The van der Waals surface area contributed by atoms with Gasteiger partial charge in [0.2, 0.25) is 5.91 Å². The summed E-state index contributed by atoms with van der Waals surface area (Å²) in [6, 6.07) is 13.8. The molecule has 0 bridgehead atoms. The summed E-state index contributed by atoms with van der Waals surface area (Å²) in [4.78, 5) is 15.8. The highest BCUT2D eigenvalue weighted by Gasteiger charge is 2.33. The van der Waals surface area contributed by atoms with Crippen molar-refractivity contribution in [3.63, 3.8) is 0 Å². The lowest BCUT2D eigenvalue weighted by molar-refractivity contribution is -0.126. The van der Waals surface area contributed by atoms with Crippen molar-refractivity contribution in [2.45, 2.75) is 36.9 Å². The van der Waals surface area contributed by atoms with Crippen LogP contribution in [0.5, 0.6) is 0 Å². The molecular weight excluding hydrogens is 418 g/mol. The molecule has 1 saturated heterocycles. The van der Waals surface area contributed by atoms with E-state index >= 15 is 0 Å². The quantitative estimate of drug-likeness (QED) is 0.597. The highest BCUT2D eigenvalue weighted by molar-refractivity contribution is 7.91. The van der Waals surface area contributed by atoms with E-state index in [1.807, 2.05) is 31.2 Å². The Labute approximate surface area is 183 Å². The summed E-state index contributed by atoms with van der Waals surface area (Å²) in [6.45, 7) is 5.01. The van der Waals surface area contributed by atoms with Gasteiger partial charge < -0.3 is 10.2 Å². The number of hydrogen-bond donors (Lipinski definition) is 1. The van der Waals surface area contributed by atoms with E-state index in [-0.39, 0.29) is 18.4 Å². The molecule has 1 aromatic heterocycles. The first-order valence-electron chi connectivity index (χ1n) is 10.4. The SMILES string of the molecule is Cc1ccc(S(=O)(=O)N2CCCC(C(=O)NCCCN(C)Cc3ccccc3)C2)s1. The number of sulfonamides is 1. The van der Waals surface area contributed by atoms with Crippen LogP contribution in [0, 0.1) is 12.8 Å². The van der Waals surface area contributed by atoms with Crippen LogP contribution in [0.2, 0.25) is 0 Å². The molecular formula is C22H31N3O3S2. The minimum absolute atomic E-state index is 0.0389. The summed E-state index contributed by atoms with van der Waals surface area (Å²) in [5.41, 5.74) is 1.27. The number of nitrogens with zero attached hydrogens (tertiary/aromatic N) is 2. The molecule has 1 aliphatic heterocycles. The van der Waals surface area contributed by atoms with Gasteiger partial charge in [-0.2, -0.15) is 4.31 Å². The lowest BCUT2D eigenvalue weighted by Gasteiger charge is -2.30. The first-order chi connectivity index (χ1) is 14.4. The molecule has 1 N–H and O–H groups in total. The molecule has 30 heavy (non-hydrogen) atoms. The van der Waals surface area contributed by atoms with Gasteiger partial charge in [-0.1, -0.05) is 30.3 Å². The second-order valence-electron chi connectivity index (χ2n) is 7.94. The van der Waals surface area contributed by atoms with Crippen molar-refractivity contribution < 1.29 is 13.2 Å². The van der Waals surface area contributed by atoms with Gasteiger partial charge in [0.15, 0.2) is 0 Å². The van der Waals surface area contributed by atoms with Crippen LogP contribution < -0.4 is 5.32 Å². The largest absolute Gasteiger partial charge is 0.356 e. The van der Waals surface area contributed by atoms with Crippen LogP contribution in [0.4, 0.5) is 0 Å². The normalized spacial score (nSPS) is 17.9. The Kier molecular flexibility index (Phi) is 8.05. The maximum atomic E-state index is 12.9. The number of rotatable bonds is 9. The van der Waals surface area contributed by atoms with Gasteiger partial charge in [-0.3, -0.25) is 4.79 Å². The van der Waals surface area contributed by atoms with Crippen LogP contribution in [0.3, 0.4) is 0 Å². The Morgan fingerprint density at radius 3 is 2.70 bits per heavy atom. The van der Waals surface area contributed by atoms with Crippen LogP contribution >= 0.6 is 11.3 Å². The van der Waals surface area contributed by atoms with Gasteiger partial charge in [-0.05, 0) is 57.5 Å². The lowest BCUT2D eigenvalue weighted by atomic mass is 9.99. The number of benzene rings is 1. The van der Waals surface area contributed by atoms with E-state index in [1.54, 1.807) is 6.07 Å². The predicted octanol–water partition coefficient (Wildman–Crippen LogP) is 3.10. The Morgan fingerprint density at radius 2 is 2.00 bits per heavy atom. The summed E-state index contributed by atoms with van der Waals surface area (Å²) >= 11 is 1.28. The molecule has 1 aliphatic rings. The third-order valence-corrected chi connectivity index (χ3v) is 8.71. The van der Waals surface area contributed by atoms with E-state index in [4.69, 9.17) is 0 Å². The molecule has 6 nitrogen and oxygen atoms in total. The monoisotopic (exact) mass is 449 g/mol. The predicted molar refractivity (Wildman–Crippen MR) is 121 cm³/mol. The van der Waals surface area contributed by atoms with Gasteiger partial charge in [0, 0.05) is 31.1 Å². The summed E-state index contributed by atoms with van der Waals surface area (Å²) < 4.78 is 27.5. The fourth-order valence-corrected chi connectivity index (χ4v) is 6.69. The molecule has 8 heteroatoms. The molecule has 1 aromatic carbocycles. The van der Waals surface area contributed by atoms with E-state index in [9.17, 15) is 13.2 Å². The smallest absolute Gasteiger partial charge is 0.252 e. The molecule has 0 aliphatic carbocycles. The number of carbonyl (C=O) groups excluding carboxylic acids is 1. The molecule has 2 aromatic rings. The molecule has 0 radical (unpaired) electrons. The van der Waals surface area contributed by atoms with E-state index in [0.717, 1.165) is 30.8 Å². The topological polar surface area (TPSA) is 69.7 Å². The number of amides is 1. The summed E-state index contributed by atoms with van der Waals surface area (Å²) in [5, 5.41) is 3.00. The first-order valence-corrected chi connectivity index (χ1v) is 12.7. The highest BCUT2D eigenvalue weighted by Crippen LogP contribution is 2.28. The van der Waals surface area contributed by atoms with Gasteiger partial charge in [0.25, 0.3) is 10.0 Å².